The zero-order valence-electron chi connectivity index (χ0n) is 18.0. The van der Waals surface area contributed by atoms with E-state index in [1.807, 2.05) is 11.9 Å². The Morgan fingerprint density at radius 2 is 1.68 bits per heavy atom. The lowest BCUT2D eigenvalue weighted by molar-refractivity contribution is -0.131. The Bertz CT molecular complexity index is 838. The van der Waals surface area contributed by atoms with E-state index < -0.39 is 0 Å². The fraction of sp³-hybridized carbons (Fsp3) is 0.458. The number of anilines is 1. The lowest BCUT2D eigenvalue weighted by Gasteiger charge is -2.37. The highest BCUT2D eigenvalue weighted by Gasteiger charge is 2.22. The molecule has 1 heterocycles. The molecule has 0 N–H and O–H groups in total. The van der Waals surface area contributed by atoms with E-state index in [4.69, 9.17) is 0 Å². The predicted molar refractivity (Wildman–Crippen MR) is 117 cm³/mol. The molecule has 4 heteroatoms. The molecule has 0 spiro atoms. The molecular weight excluding hydrogens is 346 g/mol. The van der Waals surface area contributed by atoms with E-state index in [9.17, 15) is 4.79 Å². The Morgan fingerprint density at radius 3 is 2.36 bits per heavy atom. The SMILES string of the molecule is Cc1ccc(CN(C)C(=O)CN2CCN(c3cccc(C)c3C)CC2)c(C)c1. The molecule has 0 aliphatic carbocycles. The third-order valence-electron chi connectivity index (χ3n) is 5.98. The van der Waals surface area contributed by atoms with Gasteiger partial charge < -0.3 is 9.80 Å². The molecule has 1 fully saturated rings. The smallest absolute Gasteiger partial charge is 0.236 e. The maximum atomic E-state index is 12.7. The Morgan fingerprint density at radius 1 is 0.964 bits per heavy atom. The Balaban J connectivity index is 1.52. The average molecular weight is 380 g/mol. The Labute approximate surface area is 169 Å². The summed E-state index contributed by atoms with van der Waals surface area (Å²) in [7, 11) is 1.91. The van der Waals surface area contributed by atoms with Crippen molar-refractivity contribution in [1.82, 2.24) is 9.80 Å². The number of piperazine rings is 1. The second kappa shape index (κ2) is 8.78. The molecule has 0 unspecified atom stereocenters. The highest BCUT2D eigenvalue weighted by Crippen LogP contribution is 2.23. The number of rotatable bonds is 5. The molecule has 1 aliphatic rings. The molecule has 0 aromatic heterocycles. The minimum Gasteiger partial charge on any atom is -0.369 e. The van der Waals surface area contributed by atoms with Crippen molar-refractivity contribution in [3.05, 3.63) is 64.2 Å². The second-order valence-electron chi connectivity index (χ2n) is 8.16. The Hall–Kier alpha value is -2.33. The summed E-state index contributed by atoms with van der Waals surface area (Å²) < 4.78 is 0. The molecule has 28 heavy (non-hydrogen) atoms. The number of hydrogen-bond donors (Lipinski definition) is 0. The number of nitrogens with zero attached hydrogens (tertiary/aromatic N) is 3. The number of hydrogen-bond acceptors (Lipinski definition) is 3. The zero-order valence-corrected chi connectivity index (χ0v) is 18.0. The number of carbonyl (C=O) groups is 1. The predicted octanol–water partition coefficient (Wildman–Crippen LogP) is 3.70. The van der Waals surface area contributed by atoms with Crippen LogP contribution in [-0.2, 0) is 11.3 Å². The van der Waals surface area contributed by atoms with Gasteiger partial charge in [-0.25, -0.2) is 0 Å². The van der Waals surface area contributed by atoms with E-state index in [0.29, 0.717) is 13.1 Å². The van der Waals surface area contributed by atoms with Gasteiger partial charge >= 0.3 is 0 Å². The molecule has 1 amide bonds. The molecule has 2 aromatic carbocycles. The van der Waals surface area contributed by atoms with Crippen molar-refractivity contribution in [3.8, 4) is 0 Å². The molecule has 2 aromatic rings. The summed E-state index contributed by atoms with van der Waals surface area (Å²) in [6.45, 7) is 13.6. The number of likely N-dealkylation sites (N-methyl/N-ethyl adjacent to an activating group) is 1. The van der Waals surface area contributed by atoms with Crippen LogP contribution in [0, 0.1) is 27.7 Å². The van der Waals surface area contributed by atoms with Crippen LogP contribution < -0.4 is 4.90 Å². The second-order valence-corrected chi connectivity index (χ2v) is 8.16. The maximum Gasteiger partial charge on any atom is 0.236 e. The Kier molecular flexibility index (Phi) is 6.40. The van der Waals surface area contributed by atoms with Crippen molar-refractivity contribution in [2.24, 2.45) is 0 Å². The van der Waals surface area contributed by atoms with Gasteiger partial charge in [0.1, 0.15) is 0 Å². The van der Waals surface area contributed by atoms with Gasteiger partial charge in [-0.05, 0) is 56.0 Å². The number of carbonyl (C=O) groups excluding carboxylic acids is 1. The first kappa shape index (κ1) is 20.4. The van der Waals surface area contributed by atoms with Gasteiger partial charge in [0, 0.05) is 45.5 Å². The van der Waals surface area contributed by atoms with E-state index in [0.717, 1.165) is 26.2 Å². The van der Waals surface area contributed by atoms with Crippen LogP contribution in [0.3, 0.4) is 0 Å². The van der Waals surface area contributed by atoms with Crippen LogP contribution in [0.15, 0.2) is 36.4 Å². The van der Waals surface area contributed by atoms with Crippen LogP contribution in [0.5, 0.6) is 0 Å². The van der Waals surface area contributed by atoms with Gasteiger partial charge in [0.2, 0.25) is 5.91 Å². The van der Waals surface area contributed by atoms with E-state index in [-0.39, 0.29) is 5.91 Å². The molecule has 4 nitrogen and oxygen atoms in total. The largest absolute Gasteiger partial charge is 0.369 e. The van der Waals surface area contributed by atoms with Crippen LogP contribution in [0.2, 0.25) is 0 Å². The first-order valence-corrected chi connectivity index (χ1v) is 10.2. The van der Waals surface area contributed by atoms with Crippen molar-refractivity contribution >= 4 is 11.6 Å². The van der Waals surface area contributed by atoms with E-state index in [1.54, 1.807) is 0 Å². The highest BCUT2D eigenvalue weighted by molar-refractivity contribution is 5.78. The minimum atomic E-state index is 0.195. The number of benzene rings is 2. The molecule has 150 valence electrons. The summed E-state index contributed by atoms with van der Waals surface area (Å²) in [6, 6.07) is 12.9. The van der Waals surface area contributed by atoms with Crippen molar-refractivity contribution in [2.45, 2.75) is 34.2 Å². The lowest BCUT2D eigenvalue weighted by atomic mass is 10.1. The van der Waals surface area contributed by atoms with Crippen LogP contribution in [0.25, 0.3) is 0 Å². The molecule has 1 aliphatic heterocycles. The molecular formula is C24H33N3O. The van der Waals surface area contributed by atoms with Gasteiger partial charge in [-0.2, -0.15) is 0 Å². The molecule has 0 saturated carbocycles. The highest BCUT2D eigenvalue weighted by atomic mass is 16.2. The van der Waals surface area contributed by atoms with E-state index in [1.165, 1.54) is 33.5 Å². The normalized spacial score (nSPS) is 15.0. The standard InChI is InChI=1S/C24H33N3O/c1-18-9-10-22(20(3)15-18)16-25(5)24(28)17-26-11-13-27(14-12-26)23-8-6-7-19(2)21(23)4/h6-10,15H,11-14,16-17H2,1-5H3. The van der Waals surface area contributed by atoms with Crippen LogP contribution in [0.1, 0.15) is 27.8 Å². The summed E-state index contributed by atoms with van der Waals surface area (Å²) >= 11 is 0. The molecule has 0 bridgehead atoms. The van der Waals surface area contributed by atoms with Crippen LogP contribution >= 0.6 is 0 Å². The van der Waals surface area contributed by atoms with Gasteiger partial charge in [0.25, 0.3) is 0 Å². The van der Waals surface area contributed by atoms with Gasteiger partial charge in [0.15, 0.2) is 0 Å². The molecule has 0 atom stereocenters. The quantitative estimate of drug-likeness (QED) is 0.793. The number of aryl methyl sites for hydroxylation is 3. The van der Waals surface area contributed by atoms with Crippen LogP contribution in [0.4, 0.5) is 5.69 Å². The first-order chi connectivity index (χ1) is 13.3. The lowest BCUT2D eigenvalue weighted by Crippen LogP contribution is -2.49. The monoisotopic (exact) mass is 379 g/mol. The van der Waals surface area contributed by atoms with Crippen molar-refractivity contribution in [3.63, 3.8) is 0 Å². The van der Waals surface area contributed by atoms with Crippen molar-refractivity contribution in [2.75, 3.05) is 44.7 Å². The maximum absolute atomic E-state index is 12.7. The van der Waals surface area contributed by atoms with Gasteiger partial charge in [0.05, 0.1) is 6.54 Å². The third kappa shape index (κ3) is 4.74. The van der Waals surface area contributed by atoms with Crippen molar-refractivity contribution in [1.29, 1.82) is 0 Å². The molecule has 1 saturated heterocycles. The van der Waals surface area contributed by atoms with Gasteiger partial charge in [-0.15, -0.1) is 0 Å². The first-order valence-electron chi connectivity index (χ1n) is 10.2. The van der Waals surface area contributed by atoms with Crippen LogP contribution in [-0.4, -0.2) is 55.5 Å². The summed E-state index contributed by atoms with van der Waals surface area (Å²) in [6.07, 6.45) is 0. The third-order valence-corrected chi connectivity index (χ3v) is 5.98. The summed E-state index contributed by atoms with van der Waals surface area (Å²) in [5.41, 5.74) is 7.77. The summed E-state index contributed by atoms with van der Waals surface area (Å²) in [4.78, 5) is 19.3. The fourth-order valence-corrected chi connectivity index (χ4v) is 3.90. The zero-order chi connectivity index (χ0) is 20.3. The van der Waals surface area contributed by atoms with E-state index >= 15 is 0 Å². The molecule has 0 radical (unpaired) electrons. The van der Waals surface area contributed by atoms with Crippen molar-refractivity contribution < 1.29 is 4.79 Å². The van der Waals surface area contributed by atoms with E-state index in [2.05, 4.69) is 73.9 Å². The summed E-state index contributed by atoms with van der Waals surface area (Å²) in [5, 5.41) is 0. The number of amides is 1. The topological polar surface area (TPSA) is 26.8 Å². The van der Waals surface area contributed by atoms with Gasteiger partial charge in [-0.3, -0.25) is 9.69 Å². The summed E-state index contributed by atoms with van der Waals surface area (Å²) in [5.74, 6) is 0.195. The van der Waals surface area contributed by atoms with Gasteiger partial charge in [-0.1, -0.05) is 35.9 Å². The average Bonchev–Trinajstić information content (AvgIpc) is 2.67. The fourth-order valence-electron chi connectivity index (χ4n) is 3.90. The molecule has 3 rings (SSSR count). The minimum absolute atomic E-state index is 0.195.